The van der Waals surface area contributed by atoms with E-state index in [9.17, 15) is 13.2 Å². The summed E-state index contributed by atoms with van der Waals surface area (Å²) in [4.78, 5) is 12.2. The lowest BCUT2D eigenvalue weighted by Gasteiger charge is -2.19. The van der Waals surface area contributed by atoms with Crippen LogP contribution in [0.2, 0.25) is 0 Å². The van der Waals surface area contributed by atoms with Gasteiger partial charge in [0, 0.05) is 19.8 Å². The normalized spacial score (nSPS) is 12.0. The number of hydrogen-bond acceptors (Lipinski definition) is 5. The Morgan fingerprint density at radius 2 is 1.69 bits per heavy atom. The largest absolute Gasteiger partial charge is 0.495 e. The molecule has 0 fully saturated rings. The highest BCUT2D eigenvalue weighted by Crippen LogP contribution is 2.29. The van der Waals surface area contributed by atoms with Crippen LogP contribution in [0, 0.1) is 0 Å². The molecule has 0 radical (unpaired) electrons. The fourth-order valence-corrected chi connectivity index (χ4v) is 3.62. The number of nitrogens with one attached hydrogen (secondary N) is 1. The lowest BCUT2D eigenvalue weighted by atomic mass is 9.87. The number of carbonyl (C=O) groups excluding carboxylic acids is 1. The summed E-state index contributed by atoms with van der Waals surface area (Å²) in [5.41, 5.74) is 1.54. The van der Waals surface area contributed by atoms with E-state index in [1.807, 2.05) is 24.3 Å². The van der Waals surface area contributed by atoms with Crippen molar-refractivity contribution in [3.05, 3.63) is 48.0 Å². The van der Waals surface area contributed by atoms with Gasteiger partial charge >= 0.3 is 0 Å². The third-order valence-electron chi connectivity index (χ3n) is 4.30. The van der Waals surface area contributed by atoms with Crippen LogP contribution in [0.3, 0.4) is 0 Å². The fraction of sp³-hybridized carbons (Fsp3) is 0.381. The zero-order valence-corrected chi connectivity index (χ0v) is 18.5. The molecule has 0 atom stereocenters. The number of sulfonamides is 1. The number of hydrogen-bond donors (Lipinski definition) is 1. The molecule has 8 heteroatoms. The second kappa shape index (κ2) is 8.84. The monoisotopic (exact) mass is 420 g/mol. The first-order chi connectivity index (χ1) is 13.4. The summed E-state index contributed by atoms with van der Waals surface area (Å²) in [5, 5.41) is 2.65. The van der Waals surface area contributed by atoms with Gasteiger partial charge in [-0.3, -0.25) is 4.79 Å². The molecule has 158 valence electrons. The molecule has 0 aliphatic rings. The molecule has 0 aliphatic heterocycles. The minimum Gasteiger partial charge on any atom is -0.495 e. The summed E-state index contributed by atoms with van der Waals surface area (Å²) in [6, 6.07) is 12.0. The average molecular weight is 421 g/mol. The molecule has 0 aromatic heterocycles. The van der Waals surface area contributed by atoms with Crippen LogP contribution in [0.5, 0.6) is 11.5 Å². The first-order valence-electron chi connectivity index (χ1n) is 9.09. The van der Waals surface area contributed by atoms with Crippen molar-refractivity contribution in [2.45, 2.75) is 31.1 Å². The minimum absolute atomic E-state index is 0.0264. The van der Waals surface area contributed by atoms with E-state index in [-0.39, 0.29) is 22.7 Å². The molecule has 0 heterocycles. The molecule has 0 spiro atoms. The van der Waals surface area contributed by atoms with E-state index in [2.05, 4.69) is 26.1 Å². The van der Waals surface area contributed by atoms with Gasteiger partial charge in [0.25, 0.3) is 5.91 Å². The first-order valence-corrected chi connectivity index (χ1v) is 10.5. The Balaban J connectivity index is 2.07. The average Bonchev–Trinajstić information content (AvgIpc) is 2.65. The van der Waals surface area contributed by atoms with Crippen LogP contribution in [-0.2, 0) is 20.2 Å². The highest BCUT2D eigenvalue weighted by Gasteiger charge is 2.23. The van der Waals surface area contributed by atoms with Crippen molar-refractivity contribution >= 4 is 21.6 Å². The third kappa shape index (κ3) is 5.71. The van der Waals surface area contributed by atoms with Crippen molar-refractivity contribution < 1.29 is 22.7 Å². The lowest BCUT2D eigenvalue weighted by Crippen LogP contribution is -2.24. The zero-order valence-electron chi connectivity index (χ0n) is 17.6. The van der Waals surface area contributed by atoms with Gasteiger partial charge in [-0.15, -0.1) is 0 Å². The highest BCUT2D eigenvalue weighted by atomic mass is 32.2. The Labute approximate surface area is 172 Å². The number of nitrogens with zero attached hydrogens (tertiary/aromatic N) is 1. The lowest BCUT2D eigenvalue weighted by molar-refractivity contribution is -0.118. The van der Waals surface area contributed by atoms with Crippen LogP contribution in [0.1, 0.15) is 26.3 Å². The summed E-state index contributed by atoms with van der Waals surface area (Å²) < 4.78 is 36.7. The predicted octanol–water partition coefficient (Wildman–Crippen LogP) is 3.26. The standard InChI is InChI=1S/C21H28N2O5S/c1-21(2,3)15-7-10-17(11-8-15)28-14-20(24)22-16-9-12-18(27-6)19(13-16)29(25,26)23(4)5/h7-13H,14H2,1-6H3,(H,22,24). The molecule has 1 N–H and O–H groups in total. The summed E-state index contributed by atoms with van der Waals surface area (Å²) in [6.45, 7) is 6.17. The Morgan fingerprint density at radius 1 is 1.07 bits per heavy atom. The molecule has 0 saturated heterocycles. The molecule has 0 unspecified atom stereocenters. The topological polar surface area (TPSA) is 84.9 Å². The van der Waals surface area contributed by atoms with E-state index in [1.165, 1.54) is 38.9 Å². The number of benzene rings is 2. The van der Waals surface area contributed by atoms with Crippen LogP contribution in [0.4, 0.5) is 5.69 Å². The molecule has 2 rings (SSSR count). The van der Waals surface area contributed by atoms with Crippen molar-refractivity contribution in [2.75, 3.05) is 33.1 Å². The highest BCUT2D eigenvalue weighted by molar-refractivity contribution is 7.89. The van der Waals surface area contributed by atoms with Crippen molar-refractivity contribution in [1.29, 1.82) is 0 Å². The van der Waals surface area contributed by atoms with Gasteiger partial charge in [0.15, 0.2) is 6.61 Å². The summed E-state index contributed by atoms with van der Waals surface area (Å²) in [6.07, 6.45) is 0. The fourth-order valence-electron chi connectivity index (χ4n) is 2.55. The van der Waals surface area contributed by atoms with E-state index in [4.69, 9.17) is 9.47 Å². The number of anilines is 1. The van der Waals surface area contributed by atoms with Gasteiger partial charge in [-0.05, 0) is 41.3 Å². The quantitative estimate of drug-likeness (QED) is 0.743. The molecule has 0 saturated carbocycles. The molecular formula is C21H28N2O5S. The van der Waals surface area contributed by atoms with Crippen LogP contribution < -0.4 is 14.8 Å². The Hall–Kier alpha value is -2.58. The number of amides is 1. The molecule has 7 nitrogen and oxygen atoms in total. The van der Waals surface area contributed by atoms with Gasteiger partial charge < -0.3 is 14.8 Å². The van der Waals surface area contributed by atoms with Crippen molar-refractivity contribution in [2.24, 2.45) is 0 Å². The minimum atomic E-state index is -3.72. The third-order valence-corrected chi connectivity index (χ3v) is 6.13. The number of carbonyl (C=O) groups is 1. The summed E-state index contributed by atoms with van der Waals surface area (Å²) >= 11 is 0. The Morgan fingerprint density at radius 3 is 2.21 bits per heavy atom. The molecule has 2 aromatic carbocycles. The molecule has 2 aromatic rings. The van der Waals surface area contributed by atoms with Crippen LogP contribution >= 0.6 is 0 Å². The van der Waals surface area contributed by atoms with Gasteiger partial charge in [0.1, 0.15) is 16.4 Å². The molecule has 0 aliphatic carbocycles. The van der Waals surface area contributed by atoms with E-state index < -0.39 is 15.9 Å². The number of ether oxygens (including phenoxy) is 2. The molecule has 0 bridgehead atoms. The smallest absolute Gasteiger partial charge is 0.262 e. The second-order valence-electron chi connectivity index (χ2n) is 7.76. The van der Waals surface area contributed by atoms with Gasteiger partial charge in [-0.1, -0.05) is 32.9 Å². The van der Waals surface area contributed by atoms with Crippen molar-refractivity contribution in [3.63, 3.8) is 0 Å². The van der Waals surface area contributed by atoms with E-state index in [0.29, 0.717) is 11.4 Å². The van der Waals surface area contributed by atoms with Gasteiger partial charge in [-0.2, -0.15) is 0 Å². The Bertz CT molecular complexity index is 962. The zero-order chi connectivity index (χ0) is 21.8. The summed E-state index contributed by atoms with van der Waals surface area (Å²) in [7, 11) is 0.525. The number of methoxy groups -OCH3 is 1. The SMILES string of the molecule is COc1ccc(NC(=O)COc2ccc(C(C)(C)C)cc2)cc1S(=O)(=O)N(C)C. The van der Waals surface area contributed by atoms with E-state index >= 15 is 0 Å². The van der Waals surface area contributed by atoms with Crippen LogP contribution in [0.25, 0.3) is 0 Å². The van der Waals surface area contributed by atoms with Gasteiger partial charge in [-0.25, -0.2) is 12.7 Å². The maximum Gasteiger partial charge on any atom is 0.262 e. The number of rotatable bonds is 7. The Kier molecular flexibility index (Phi) is 6.92. The maximum atomic E-state index is 12.5. The van der Waals surface area contributed by atoms with Gasteiger partial charge in [0.05, 0.1) is 7.11 Å². The van der Waals surface area contributed by atoms with Gasteiger partial charge in [0.2, 0.25) is 10.0 Å². The molecule has 29 heavy (non-hydrogen) atoms. The molecular weight excluding hydrogens is 392 g/mol. The van der Waals surface area contributed by atoms with E-state index in [0.717, 1.165) is 4.31 Å². The molecule has 1 amide bonds. The maximum absolute atomic E-state index is 12.5. The van der Waals surface area contributed by atoms with Crippen LogP contribution in [-0.4, -0.2) is 46.4 Å². The van der Waals surface area contributed by atoms with E-state index in [1.54, 1.807) is 6.07 Å². The van der Waals surface area contributed by atoms with Crippen molar-refractivity contribution in [3.8, 4) is 11.5 Å². The van der Waals surface area contributed by atoms with Crippen molar-refractivity contribution in [1.82, 2.24) is 4.31 Å². The summed E-state index contributed by atoms with van der Waals surface area (Å²) in [5.74, 6) is 0.383. The van der Waals surface area contributed by atoms with Crippen LogP contribution in [0.15, 0.2) is 47.4 Å². The predicted molar refractivity (Wildman–Crippen MR) is 113 cm³/mol. The second-order valence-corrected chi connectivity index (χ2v) is 9.88. The first kappa shape index (κ1) is 22.7.